The SMILES string of the molecule is COc1ccccc1C(=O)N1[C@H](CC(=O)Nc2cc(Cl)ccc2C)C(=O)N[C@@H]2CCCC[C@@H]21. The Morgan fingerprint density at radius 1 is 1.18 bits per heavy atom. The summed E-state index contributed by atoms with van der Waals surface area (Å²) in [6.45, 7) is 1.86. The lowest BCUT2D eigenvalue weighted by Gasteiger charge is -2.48. The fraction of sp³-hybridized carbons (Fsp3) is 0.400. The molecule has 1 aliphatic carbocycles. The van der Waals surface area contributed by atoms with E-state index in [4.69, 9.17) is 16.3 Å². The van der Waals surface area contributed by atoms with Gasteiger partial charge in [-0.15, -0.1) is 0 Å². The Hall–Kier alpha value is -3.06. The molecule has 174 valence electrons. The number of ether oxygens (including phenoxy) is 1. The number of hydrogen-bond acceptors (Lipinski definition) is 4. The summed E-state index contributed by atoms with van der Waals surface area (Å²) in [6.07, 6.45) is 3.40. The van der Waals surface area contributed by atoms with Crippen molar-refractivity contribution in [1.82, 2.24) is 10.2 Å². The molecule has 8 heteroatoms. The number of carbonyl (C=O) groups excluding carboxylic acids is 3. The summed E-state index contributed by atoms with van der Waals surface area (Å²) in [5, 5.41) is 6.41. The Balaban J connectivity index is 1.63. The molecular weight excluding hydrogens is 442 g/mol. The second kappa shape index (κ2) is 9.83. The highest BCUT2D eigenvalue weighted by Gasteiger charge is 2.46. The largest absolute Gasteiger partial charge is 0.496 e. The minimum absolute atomic E-state index is 0.112. The van der Waals surface area contributed by atoms with E-state index in [1.54, 1.807) is 41.3 Å². The van der Waals surface area contributed by atoms with Crippen molar-refractivity contribution in [3.05, 3.63) is 58.6 Å². The third-order valence-corrected chi connectivity index (χ3v) is 6.71. The van der Waals surface area contributed by atoms with Crippen LogP contribution in [0.1, 0.15) is 48.0 Å². The Kier molecular flexibility index (Phi) is 6.88. The van der Waals surface area contributed by atoms with Crippen molar-refractivity contribution in [2.45, 2.75) is 57.2 Å². The van der Waals surface area contributed by atoms with Crippen LogP contribution in [-0.4, -0.2) is 47.9 Å². The van der Waals surface area contributed by atoms with Gasteiger partial charge in [-0.3, -0.25) is 14.4 Å². The zero-order valence-electron chi connectivity index (χ0n) is 18.8. The van der Waals surface area contributed by atoms with E-state index in [-0.39, 0.29) is 36.2 Å². The van der Waals surface area contributed by atoms with Gasteiger partial charge in [0, 0.05) is 16.8 Å². The molecule has 2 aromatic rings. The van der Waals surface area contributed by atoms with Crippen molar-refractivity contribution in [1.29, 1.82) is 0 Å². The van der Waals surface area contributed by atoms with E-state index in [9.17, 15) is 14.4 Å². The smallest absolute Gasteiger partial charge is 0.258 e. The highest BCUT2D eigenvalue weighted by Crippen LogP contribution is 2.32. The van der Waals surface area contributed by atoms with Crippen molar-refractivity contribution >= 4 is 35.0 Å². The van der Waals surface area contributed by atoms with Crippen LogP contribution in [0.2, 0.25) is 5.02 Å². The average molecular weight is 470 g/mol. The van der Waals surface area contributed by atoms with Crippen LogP contribution < -0.4 is 15.4 Å². The van der Waals surface area contributed by atoms with Crippen LogP contribution in [0.4, 0.5) is 5.69 Å². The van der Waals surface area contributed by atoms with E-state index >= 15 is 0 Å². The number of carbonyl (C=O) groups is 3. The molecule has 1 saturated carbocycles. The van der Waals surface area contributed by atoms with Gasteiger partial charge in [0.05, 0.1) is 25.1 Å². The van der Waals surface area contributed by atoms with Crippen LogP contribution in [0, 0.1) is 6.92 Å². The first-order valence-corrected chi connectivity index (χ1v) is 11.6. The fourth-order valence-corrected chi connectivity index (χ4v) is 4.97. The zero-order chi connectivity index (χ0) is 23.5. The quantitative estimate of drug-likeness (QED) is 0.694. The number of amides is 3. The molecule has 2 N–H and O–H groups in total. The number of halogens is 1. The van der Waals surface area contributed by atoms with Crippen LogP contribution in [0.25, 0.3) is 0 Å². The maximum absolute atomic E-state index is 13.7. The topological polar surface area (TPSA) is 87.7 Å². The Morgan fingerprint density at radius 2 is 1.94 bits per heavy atom. The number of methoxy groups -OCH3 is 1. The molecule has 0 aromatic heterocycles. The number of rotatable bonds is 5. The third-order valence-electron chi connectivity index (χ3n) is 6.48. The van der Waals surface area contributed by atoms with Crippen molar-refractivity contribution < 1.29 is 19.1 Å². The van der Waals surface area contributed by atoms with E-state index in [0.717, 1.165) is 31.2 Å². The van der Waals surface area contributed by atoms with E-state index in [0.29, 0.717) is 22.0 Å². The molecule has 3 amide bonds. The summed E-state index contributed by atoms with van der Waals surface area (Å²) in [4.78, 5) is 41.5. The average Bonchev–Trinajstić information content (AvgIpc) is 2.81. The van der Waals surface area contributed by atoms with Gasteiger partial charge in [0.25, 0.3) is 5.91 Å². The molecule has 0 unspecified atom stereocenters. The normalized spacial score (nSPS) is 22.2. The summed E-state index contributed by atoms with van der Waals surface area (Å²) in [7, 11) is 1.51. The Morgan fingerprint density at radius 3 is 2.73 bits per heavy atom. The molecule has 1 heterocycles. The van der Waals surface area contributed by atoms with E-state index in [1.165, 1.54) is 7.11 Å². The number of anilines is 1. The lowest BCUT2D eigenvalue weighted by Crippen LogP contribution is -2.68. The highest BCUT2D eigenvalue weighted by molar-refractivity contribution is 6.31. The van der Waals surface area contributed by atoms with E-state index in [1.807, 2.05) is 13.0 Å². The Labute approximate surface area is 198 Å². The standard InChI is InChI=1S/C25H28ClN3O4/c1-15-11-12-16(26)13-19(15)27-23(30)14-21-24(31)28-18-8-4-5-9-20(18)29(21)25(32)17-7-3-6-10-22(17)33-2/h3,6-7,10-13,18,20-21H,4-5,8-9,14H2,1-2H3,(H,27,30)(H,28,31)/t18-,20+,21-/m1/s1. The molecule has 0 radical (unpaired) electrons. The molecule has 33 heavy (non-hydrogen) atoms. The molecular formula is C25H28ClN3O4. The lowest BCUT2D eigenvalue weighted by molar-refractivity contribution is -0.135. The van der Waals surface area contributed by atoms with Gasteiger partial charge >= 0.3 is 0 Å². The number of benzene rings is 2. The van der Waals surface area contributed by atoms with Gasteiger partial charge in [0.2, 0.25) is 11.8 Å². The number of piperazine rings is 1. The molecule has 1 aliphatic heterocycles. The fourth-order valence-electron chi connectivity index (χ4n) is 4.80. The monoisotopic (exact) mass is 469 g/mol. The van der Waals surface area contributed by atoms with Gasteiger partial charge in [0.15, 0.2) is 0 Å². The van der Waals surface area contributed by atoms with E-state index in [2.05, 4.69) is 10.6 Å². The summed E-state index contributed by atoms with van der Waals surface area (Å²) in [5.74, 6) is -0.513. The number of nitrogens with zero attached hydrogens (tertiary/aromatic N) is 1. The maximum atomic E-state index is 13.7. The summed E-state index contributed by atoms with van der Waals surface area (Å²) < 4.78 is 5.40. The van der Waals surface area contributed by atoms with Gasteiger partial charge in [-0.2, -0.15) is 0 Å². The second-order valence-electron chi connectivity index (χ2n) is 8.61. The van der Waals surface area contributed by atoms with Gasteiger partial charge in [-0.05, 0) is 49.6 Å². The van der Waals surface area contributed by atoms with Gasteiger partial charge < -0.3 is 20.3 Å². The van der Waals surface area contributed by atoms with Crippen molar-refractivity contribution in [2.75, 3.05) is 12.4 Å². The van der Waals surface area contributed by atoms with Crippen LogP contribution in [0.5, 0.6) is 5.75 Å². The highest BCUT2D eigenvalue weighted by atomic mass is 35.5. The predicted molar refractivity (Wildman–Crippen MR) is 127 cm³/mol. The zero-order valence-corrected chi connectivity index (χ0v) is 19.5. The summed E-state index contributed by atoms with van der Waals surface area (Å²) in [6, 6.07) is 11.0. The molecule has 4 rings (SSSR count). The molecule has 2 aliphatic rings. The molecule has 0 spiro atoms. The molecule has 7 nitrogen and oxygen atoms in total. The van der Waals surface area contributed by atoms with Gasteiger partial charge in [0.1, 0.15) is 11.8 Å². The van der Waals surface area contributed by atoms with Crippen molar-refractivity contribution in [3.8, 4) is 5.75 Å². The summed E-state index contributed by atoms with van der Waals surface area (Å²) >= 11 is 6.07. The summed E-state index contributed by atoms with van der Waals surface area (Å²) in [5.41, 5.74) is 1.83. The third kappa shape index (κ3) is 4.83. The first kappa shape index (κ1) is 23.1. The van der Waals surface area contributed by atoms with E-state index < -0.39 is 6.04 Å². The number of hydrogen-bond donors (Lipinski definition) is 2. The first-order valence-electron chi connectivity index (χ1n) is 11.2. The minimum atomic E-state index is -0.916. The number of fused-ring (bicyclic) bond motifs is 1. The van der Waals surface area contributed by atoms with Crippen molar-refractivity contribution in [3.63, 3.8) is 0 Å². The number of nitrogens with one attached hydrogen (secondary N) is 2. The lowest BCUT2D eigenvalue weighted by atomic mass is 9.84. The second-order valence-corrected chi connectivity index (χ2v) is 9.04. The molecule has 1 saturated heterocycles. The molecule has 2 aromatic carbocycles. The minimum Gasteiger partial charge on any atom is -0.496 e. The van der Waals surface area contributed by atoms with Gasteiger partial charge in [-0.25, -0.2) is 0 Å². The first-order chi connectivity index (χ1) is 15.9. The van der Waals surface area contributed by atoms with Crippen LogP contribution >= 0.6 is 11.6 Å². The van der Waals surface area contributed by atoms with Crippen molar-refractivity contribution in [2.24, 2.45) is 0 Å². The predicted octanol–water partition coefficient (Wildman–Crippen LogP) is 3.94. The Bertz CT molecular complexity index is 1070. The van der Waals surface area contributed by atoms with Crippen LogP contribution in [0.15, 0.2) is 42.5 Å². The number of aryl methyl sites for hydroxylation is 1. The van der Waals surface area contributed by atoms with Crippen LogP contribution in [-0.2, 0) is 9.59 Å². The number of para-hydroxylation sites is 1. The maximum Gasteiger partial charge on any atom is 0.258 e. The molecule has 2 fully saturated rings. The van der Waals surface area contributed by atoms with Crippen LogP contribution in [0.3, 0.4) is 0 Å². The van der Waals surface area contributed by atoms with Gasteiger partial charge in [-0.1, -0.05) is 42.6 Å². The molecule has 0 bridgehead atoms. The molecule has 3 atom stereocenters.